The number of aromatic nitrogens is 2. The van der Waals surface area contributed by atoms with E-state index in [9.17, 15) is 31.5 Å². The maximum Gasteiger partial charge on any atom is 0.471 e. The first kappa shape index (κ1) is 23.5. The van der Waals surface area contributed by atoms with Crippen LogP contribution in [0.2, 0.25) is 0 Å². The van der Waals surface area contributed by atoms with Gasteiger partial charge in [0.05, 0.1) is 31.1 Å². The lowest BCUT2D eigenvalue weighted by atomic mass is 10.1. The number of urea groups is 1. The van der Waals surface area contributed by atoms with E-state index in [-0.39, 0.29) is 55.8 Å². The second-order valence-corrected chi connectivity index (χ2v) is 8.71. The fraction of sp³-hybridized carbons (Fsp3) is 0.524. The summed E-state index contributed by atoms with van der Waals surface area (Å²) in [5.74, 6) is -6.45. The molecule has 14 heteroatoms. The van der Waals surface area contributed by atoms with Gasteiger partial charge in [-0.2, -0.15) is 18.2 Å². The third kappa shape index (κ3) is 4.42. The number of nitrogens with zero attached hydrogens (tertiary/aromatic N) is 4. The summed E-state index contributed by atoms with van der Waals surface area (Å²) in [7, 11) is 0. The van der Waals surface area contributed by atoms with Crippen LogP contribution in [-0.2, 0) is 10.9 Å². The van der Waals surface area contributed by atoms with Crippen LogP contribution in [0, 0.1) is 11.8 Å². The normalized spacial score (nSPS) is 25.3. The molecule has 3 heterocycles. The van der Waals surface area contributed by atoms with Crippen LogP contribution in [0.3, 0.4) is 0 Å². The Labute approximate surface area is 195 Å². The van der Waals surface area contributed by atoms with Gasteiger partial charge in [0.1, 0.15) is 0 Å². The van der Waals surface area contributed by atoms with E-state index < -0.39 is 41.8 Å². The smallest absolute Gasteiger partial charge is 0.377 e. The SMILES string of the molecule is O=C(NC[C@H]1COCCN1C(=O)N1CC2C(C1)C2(F)F)c1ccc(-c2noc(C(F)(F)F)n2)cc1. The van der Waals surface area contributed by atoms with E-state index in [4.69, 9.17) is 4.74 Å². The topological polar surface area (TPSA) is 101 Å². The number of amides is 3. The molecule has 0 spiro atoms. The lowest BCUT2D eigenvalue weighted by molar-refractivity contribution is -0.159. The number of nitrogens with one attached hydrogen (secondary N) is 1. The molecule has 1 saturated carbocycles. The monoisotopic (exact) mass is 501 g/mol. The molecule has 2 saturated heterocycles. The highest BCUT2D eigenvalue weighted by molar-refractivity contribution is 5.94. The van der Waals surface area contributed by atoms with Crippen LogP contribution < -0.4 is 5.32 Å². The van der Waals surface area contributed by atoms with Crippen LogP contribution in [0.1, 0.15) is 16.2 Å². The molecule has 2 unspecified atom stereocenters. The zero-order chi connectivity index (χ0) is 25.0. The Morgan fingerprint density at radius 3 is 2.46 bits per heavy atom. The van der Waals surface area contributed by atoms with Crippen molar-refractivity contribution in [1.82, 2.24) is 25.3 Å². The van der Waals surface area contributed by atoms with Crippen LogP contribution in [0.15, 0.2) is 28.8 Å². The van der Waals surface area contributed by atoms with Gasteiger partial charge in [0.2, 0.25) is 5.82 Å². The van der Waals surface area contributed by atoms with Crippen molar-refractivity contribution in [3.05, 3.63) is 35.7 Å². The van der Waals surface area contributed by atoms with Crippen molar-refractivity contribution >= 4 is 11.9 Å². The molecule has 1 N–H and O–H groups in total. The molecule has 0 radical (unpaired) electrons. The summed E-state index contributed by atoms with van der Waals surface area (Å²) < 4.78 is 74.4. The van der Waals surface area contributed by atoms with Crippen molar-refractivity contribution in [2.24, 2.45) is 11.8 Å². The number of ether oxygens (including phenoxy) is 1. The van der Waals surface area contributed by atoms with Crippen molar-refractivity contribution in [2.45, 2.75) is 18.1 Å². The van der Waals surface area contributed by atoms with Crippen molar-refractivity contribution in [3.63, 3.8) is 0 Å². The summed E-state index contributed by atoms with van der Waals surface area (Å²) in [6.07, 6.45) is -4.76. The second kappa shape index (κ2) is 8.43. The summed E-state index contributed by atoms with van der Waals surface area (Å²) in [4.78, 5) is 31.7. The average Bonchev–Trinajstić information content (AvgIpc) is 3.31. The molecule has 0 bridgehead atoms. The molecule has 5 rings (SSSR count). The third-order valence-electron chi connectivity index (χ3n) is 6.52. The van der Waals surface area contributed by atoms with Crippen LogP contribution in [-0.4, -0.2) is 83.2 Å². The van der Waals surface area contributed by atoms with Gasteiger partial charge in [-0.05, 0) is 12.1 Å². The van der Waals surface area contributed by atoms with Crippen molar-refractivity contribution < 1.29 is 40.8 Å². The molecule has 2 aromatic rings. The minimum Gasteiger partial charge on any atom is -0.377 e. The molecule has 3 fully saturated rings. The minimum atomic E-state index is -4.76. The molecule has 3 aliphatic rings. The van der Waals surface area contributed by atoms with Crippen LogP contribution in [0.5, 0.6) is 0 Å². The molecular formula is C21H20F5N5O4. The van der Waals surface area contributed by atoms with Gasteiger partial charge < -0.3 is 24.4 Å². The standard InChI is InChI=1S/C21H20F5N5O4/c22-20(23)14-8-30(9-15(14)20)19(33)31-5-6-34-10-13(31)7-27-17(32)12-3-1-11(2-4-12)16-28-18(35-29-16)21(24,25)26/h1-4,13-15H,5-10H2,(H,27,32)/t13-,14?,15?/m0/s1. The average molecular weight is 501 g/mol. The zero-order valence-electron chi connectivity index (χ0n) is 18.1. The Morgan fingerprint density at radius 2 is 1.83 bits per heavy atom. The van der Waals surface area contributed by atoms with Crippen LogP contribution in [0.4, 0.5) is 26.7 Å². The predicted molar refractivity (Wildman–Crippen MR) is 107 cm³/mol. The van der Waals surface area contributed by atoms with Crippen LogP contribution >= 0.6 is 0 Å². The second-order valence-electron chi connectivity index (χ2n) is 8.71. The highest BCUT2D eigenvalue weighted by Gasteiger charge is 2.72. The molecular weight excluding hydrogens is 481 g/mol. The Morgan fingerprint density at radius 1 is 1.14 bits per heavy atom. The summed E-state index contributed by atoms with van der Waals surface area (Å²) >= 11 is 0. The largest absolute Gasteiger partial charge is 0.471 e. The Kier molecular flexibility index (Phi) is 5.65. The number of carbonyl (C=O) groups excluding carboxylic acids is 2. The molecule has 35 heavy (non-hydrogen) atoms. The number of benzene rings is 1. The Bertz CT molecular complexity index is 1110. The van der Waals surface area contributed by atoms with Gasteiger partial charge in [-0.3, -0.25) is 4.79 Å². The quantitative estimate of drug-likeness (QED) is 0.647. The Hall–Kier alpha value is -3.29. The van der Waals surface area contributed by atoms with Crippen LogP contribution in [0.25, 0.3) is 11.4 Å². The van der Waals surface area contributed by atoms with Crippen molar-refractivity contribution in [1.29, 1.82) is 0 Å². The van der Waals surface area contributed by atoms with Gasteiger partial charge in [-0.25, -0.2) is 13.6 Å². The van der Waals surface area contributed by atoms with Crippen molar-refractivity contribution in [2.75, 3.05) is 39.4 Å². The van der Waals surface area contributed by atoms with E-state index in [1.54, 1.807) is 0 Å². The molecule has 9 nitrogen and oxygen atoms in total. The minimum absolute atomic E-state index is 0.0180. The lowest BCUT2D eigenvalue weighted by Gasteiger charge is -2.38. The highest BCUT2D eigenvalue weighted by atomic mass is 19.4. The summed E-state index contributed by atoms with van der Waals surface area (Å²) in [5, 5.41) is 6.00. The fourth-order valence-electron chi connectivity index (χ4n) is 4.46. The first-order valence-corrected chi connectivity index (χ1v) is 10.9. The number of carbonyl (C=O) groups is 2. The van der Waals surface area contributed by atoms with Gasteiger partial charge in [0.25, 0.3) is 11.8 Å². The number of likely N-dealkylation sites (tertiary alicyclic amines) is 1. The van der Waals surface area contributed by atoms with E-state index in [0.717, 1.165) is 0 Å². The number of morpholine rings is 1. The maximum absolute atomic E-state index is 13.5. The number of halogens is 5. The van der Waals surface area contributed by atoms with Gasteiger partial charge in [0.15, 0.2) is 0 Å². The summed E-state index contributed by atoms with van der Waals surface area (Å²) in [6, 6.07) is 4.73. The van der Waals surface area contributed by atoms with E-state index >= 15 is 0 Å². The molecule has 1 aromatic carbocycles. The molecule has 1 aliphatic carbocycles. The molecule has 3 amide bonds. The molecule has 1 aromatic heterocycles. The maximum atomic E-state index is 13.5. The number of fused-ring (bicyclic) bond motifs is 1. The summed E-state index contributed by atoms with van der Waals surface area (Å²) in [5.41, 5.74) is 0.456. The van der Waals surface area contributed by atoms with E-state index in [0.29, 0.717) is 6.61 Å². The fourth-order valence-corrected chi connectivity index (χ4v) is 4.46. The number of hydrogen-bond acceptors (Lipinski definition) is 6. The van der Waals surface area contributed by atoms with Gasteiger partial charge in [-0.15, -0.1) is 0 Å². The Balaban J connectivity index is 1.17. The van der Waals surface area contributed by atoms with E-state index in [2.05, 4.69) is 20.0 Å². The number of piperidine rings is 1. The van der Waals surface area contributed by atoms with E-state index in [1.165, 1.54) is 34.1 Å². The van der Waals surface area contributed by atoms with Crippen molar-refractivity contribution in [3.8, 4) is 11.4 Å². The molecule has 3 atom stereocenters. The zero-order valence-corrected chi connectivity index (χ0v) is 18.1. The van der Waals surface area contributed by atoms with Gasteiger partial charge in [-0.1, -0.05) is 17.3 Å². The third-order valence-corrected chi connectivity index (χ3v) is 6.52. The van der Waals surface area contributed by atoms with Gasteiger partial charge >= 0.3 is 18.1 Å². The van der Waals surface area contributed by atoms with E-state index in [1.807, 2.05) is 0 Å². The first-order chi connectivity index (χ1) is 16.6. The first-order valence-electron chi connectivity index (χ1n) is 10.9. The molecule has 188 valence electrons. The number of hydrogen-bond donors (Lipinski definition) is 1. The predicted octanol–water partition coefficient (Wildman–Crippen LogP) is 2.50. The lowest BCUT2D eigenvalue weighted by Crippen LogP contribution is -2.57. The van der Waals surface area contributed by atoms with Gasteiger partial charge in [0, 0.05) is 37.3 Å². The number of alkyl halides is 5. The summed E-state index contributed by atoms with van der Waals surface area (Å²) in [6.45, 7) is 0.875. The highest BCUT2D eigenvalue weighted by Crippen LogP contribution is 2.59. The number of rotatable bonds is 4. The molecule has 2 aliphatic heterocycles.